The normalized spacial score (nSPS) is 20.9. The van der Waals surface area contributed by atoms with E-state index in [-0.39, 0.29) is 25.3 Å². The molecule has 1 aliphatic rings. The quantitative estimate of drug-likeness (QED) is 0.340. The van der Waals surface area contributed by atoms with Gasteiger partial charge in [0.15, 0.2) is 0 Å². The van der Waals surface area contributed by atoms with E-state index in [1.54, 1.807) is 6.92 Å². The number of hydrogen-bond donors (Lipinski definition) is 2. The number of nitrogens with zero attached hydrogens (tertiary/aromatic N) is 2. The zero-order valence-electron chi connectivity index (χ0n) is 17.7. The van der Waals surface area contributed by atoms with E-state index in [4.69, 9.17) is 25.8 Å². The van der Waals surface area contributed by atoms with Crippen LogP contribution >= 0.6 is 11.6 Å². The lowest BCUT2D eigenvalue weighted by Crippen LogP contribution is -2.33. The number of halogens is 1. The molecule has 4 atom stereocenters. The van der Waals surface area contributed by atoms with Crippen LogP contribution in [-0.2, 0) is 14.2 Å². The standard InChI is InChI=1S/C20H22ClN3O9/c1-10-7-23(19(27)22-18(10)26)17-6-15(25)16(33-17)9-32-20(28)31-8-11(2)13-5-12(21)3-4-14(13)24(29)30/h3-5,7,11,15-17,25H,6,8-9H2,1-2H3,(H,22,26,27)/t11?,15?,16-,17-/m1/s1. The number of rotatable bonds is 7. The lowest BCUT2D eigenvalue weighted by Gasteiger charge is -2.17. The summed E-state index contributed by atoms with van der Waals surface area (Å²) >= 11 is 5.92. The van der Waals surface area contributed by atoms with Crippen LogP contribution in [0.4, 0.5) is 10.5 Å². The number of aromatic amines is 1. The third-order valence-corrected chi connectivity index (χ3v) is 5.43. The fraction of sp³-hybridized carbons (Fsp3) is 0.450. The predicted octanol–water partition coefficient (Wildman–Crippen LogP) is 2.01. The van der Waals surface area contributed by atoms with E-state index < -0.39 is 46.7 Å². The van der Waals surface area contributed by atoms with Crippen LogP contribution in [0.3, 0.4) is 0 Å². The van der Waals surface area contributed by atoms with Crippen LogP contribution in [0.5, 0.6) is 0 Å². The summed E-state index contributed by atoms with van der Waals surface area (Å²) in [6, 6.07) is 4.10. The first-order valence-electron chi connectivity index (χ1n) is 9.95. The Hall–Kier alpha value is -3.22. The maximum atomic E-state index is 12.0. The summed E-state index contributed by atoms with van der Waals surface area (Å²) in [6.45, 7) is 2.60. The number of aromatic nitrogens is 2. The average molecular weight is 484 g/mol. The summed E-state index contributed by atoms with van der Waals surface area (Å²) < 4.78 is 16.8. The molecule has 0 saturated carbocycles. The molecule has 178 valence electrons. The average Bonchev–Trinajstić information content (AvgIpc) is 3.12. The molecule has 2 N–H and O–H groups in total. The number of nitro benzene ring substituents is 1. The second kappa shape index (κ2) is 10.1. The first-order valence-corrected chi connectivity index (χ1v) is 10.3. The van der Waals surface area contributed by atoms with Crippen molar-refractivity contribution < 1.29 is 29.0 Å². The van der Waals surface area contributed by atoms with Crippen LogP contribution in [0.2, 0.25) is 5.02 Å². The highest BCUT2D eigenvalue weighted by atomic mass is 35.5. The Labute approximate surface area is 191 Å². The Balaban J connectivity index is 1.54. The van der Waals surface area contributed by atoms with E-state index in [0.717, 1.165) is 4.57 Å². The topological polar surface area (TPSA) is 163 Å². The maximum absolute atomic E-state index is 12.0. The molecule has 3 rings (SSSR count). The van der Waals surface area contributed by atoms with Crippen LogP contribution in [0, 0.1) is 17.0 Å². The van der Waals surface area contributed by atoms with Crippen molar-refractivity contribution in [1.29, 1.82) is 0 Å². The van der Waals surface area contributed by atoms with Crippen molar-refractivity contribution in [3.05, 3.63) is 71.5 Å². The Morgan fingerprint density at radius 3 is 2.85 bits per heavy atom. The second-order valence-electron chi connectivity index (χ2n) is 7.64. The molecule has 33 heavy (non-hydrogen) atoms. The van der Waals surface area contributed by atoms with Gasteiger partial charge in [-0.2, -0.15) is 0 Å². The van der Waals surface area contributed by atoms with Crippen molar-refractivity contribution in [2.24, 2.45) is 0 Å². The smallest absolute Gasteiger partial charge is 0.434 e. The Morgan fingerprint density at radius 1 is 1.42 bits per heavy atom. The first-order chi connectivity index (χ1) is 15.6. The van der Waals surface area contributed by atoms with E-state index in [9.17, 15) is 29.6 Å². The van der Waals surface area contributed by atoms with Gasteiger partial charge in [0, 0.05) is 40.8 Å². The van der Waals surface area contributed by atoms with Gasteiger partial charge in [0.1, 0.15) is 25.5 Å². The molecule has 1 fully saturated rings. The molecule has 2 unspecified atom stereocenters. The number of hydrogen-bond acceptors (Lipinski definition) is 9. The molecule has 2 aromatic rings. The van der Waals surface area contributed by atoms with Crippen LogP contribution < -0.4 is 11.2 Å². The minimum absolute atomic E-state index is 0.0456. The van der Waals surface area contributed by atoms with E-state index in [1.165, 1.54) is 31.3 Å². The molecule has 2 heterocycles. The van der Waals surface area contributed by atoms with Crippen LogP contribution in [0.25, 0.3) is 0 Å². The molecule has 0 bridgehead atoms. The Morgan fingerprint density at radius 2 is 2.15 bits per heavy atom. The molecule has 1 aromatic heterocycles. The number of H-pyrrole nitrogens is 1. The van der Waals surface area contributed by atoms with Gasteiger partial charge in [0.25, 0.3) is 11.2 Å². The summed E-state index contributed by atoms with van der Waals surface area (Å²) in [7, 11) is 0. The van der Waals surface area contributed by atoms with Gasteiger partial charge in [0.2, 0.25) is 0 Å². The van der Waals surface area contributed by atoms with Gasteiger partial charge in [-0.05, 0) is 19.1 Å². The molecule has 0 aliphatic carbocycles. The van der Waals surface area contributed by atoms with Gasteiger partial charge in [0.05, 0.1) is 11.0 Å². The number of aliphatic hydroxyl groups excluding tert-OH is 1. The SMILES string of the molecule is Cc1cn([C@H]2CC(O)[C@@H](COC(=O)OCC(C)c3cc(Cl)ccc3[N+](=O)[O-])O2)c(=O)[nH]c1=O. The number of aliphatic hydroxyl groups is 1. The van der Waals surface area contributed by atoms with Gasteiger partial charge < -0.3 is 19.3 Å². The number of carbonyl (C=O) groups excluding carboxylic acids is 1. The van der Waals surface area contributed by atoms with Gasteiger partial charge in [-0.15, -0.1) is 0 Å². The summed E-state index contributed by atoms with van der Waals surface area (Å²) in [6.07, 6.45) is -2.49. The van der Waals surface area contributed by atoms with Gasteiger partial charge in [-0.25, -0.2) is 9.59 Å². The molecule has 1 aliphatic heterocycles. The van der Waals surface area contributed by atoms with Crippen LogP contribution in [-0.4, -0.2) is 51.2 Å². The Bertz CT molecular complexity index is 1160. The largest absolute Gasteiger partial charge is 0.508 e. The number of aryl methyl sites for hydroxylation is 1. The van der Waals surface area contributed by atoms with E-state index >= 15 is 0 Å². The van der Waals surface area contributed by atoms with Gasteiger partial charge in [-0.1, -0.05) is 18.5 Å². The lowest BCUT2D eigenvalue weighted by atomic mass is 10.0. The highest BCUT2D eigenvalue weighted by molar-refractivity contribution is 6.30. The summed E-state index contributed by atoms with van der Waals surface area (Å²) in [5.41, 5.74) is -0.753. The molecule has 13 heteroatoms. The molecule has 12 nitrogen and oxygen atoms in total. The van der Waals surface area contributed by atoms with Crippen molar-refractivity contribution in [1.82, 2.24) is 9.55 Å². The maximum Gasteiger partial charge on any atom is 0.508 e. The highest BCUT2D eigenvalue weighted by Crippen LogP contribution is 2.30. The number of benzene rings is 1. The monoisotopic (exact) mass is 483 g/mol. The lowest BCUT2D eigenvalue weighted by molar-refractivity contribution is -0.385. The third kappa shape index (κ3) is 5.78. The van der Waals surface area contributed by atoms with Crippen molar-refractivity contribution in [3.63, 3.8) is 0 Å². The van der Waals surface area contributed by atoms with E-state index in [0.29, 0.717) is 16.1 Å². The molecule has 0 spiro atoms. The summed E-state index contributed by atoms with van der Waals surface area (Å²) in [5, 5.41) is 21.7. The highest BCUT2D eigenvalue weighted by Gasteiger charge is 2.36. The zero-order valence-corrected chi connectivity index (χ0v) is 18.5. The molecular formula is C20H22ClN3O9. The van der Waals surface area contributed by atoms with Crippen LogP contribution in [0.15, 0.2) is 34.0 Å². The van der Waals surface area contributed by atoms with E-state index in [1.807, 2.05) is 0 Å². The number of carbonyl (C=O) groups is 1. The Kier molecular flexibility index (Phi) is 7.51. The van der Waals surface area contributed by atoms with Crippen molar-refractivity contribution >= 4 is 23.4 Å². The molecule has 0 amide bonds. The van der Waals surface area contributed by atoms with Gasteiger partial charge >= 0.3 is 11.8 Å². The van der Waals surface area contributed by atoms with Crippen molar-refractivity contribution in [3.8, 4) is 0 Å². The fourth-order valence-corrected chi connectivity index (χ4v) is 3.58. The molecule has 1 saturated heterocycles. The molecular weight excluding hydrogens is 462 g/mol. The first kappa shape index (κ1) is 24.4. The molecule has 1 aromatic carbocycles. The van der Waals surface area contributed by atoms with Crippen molar-refractivity contribution in [2.75, 3.05) is 13.2 Å². The summed E-state index contributed by atoms with van der Waals surface area (Å²) in [4.78, 5) is 48.3. The third-order valence-electron chi connectivity index (χ3n) is 5.19. The number of nitrogens with one attached hydrogen (secondary N) is 1. The fourth-order valence-electron chi connectivity index (χ4n) is 3.40. The van der Waals surface area contributed by atoms with Gasteiger partial charge in [-0.3, -0.25) is 24.5 Å². The van der Waals surface area contributed by atoms with E-state index in [2.05, 4.69) is 4.98 Å². The predicted molar refractivity (Wildman–Crippen MR) is 114 cm³/mol. The summed E-state index contributed by atoms with van der Waals surface area (Å²) in [5.74, 6) is -0.537. The number of nitro groups is 1. The zero-order chi connectivity index (χ0) is 24.3. The molecule has 0 radical (unpaired) electrons. The minimum Gasteiger partial charge on any atom is -0.434 e. The van der Waals surface area contributed by atoms with Crippen LogP contribution in [0.1, 0.15) is 36.6 Å². The minimum atomic E-state index is -1.05. The second-order valence-corrected chi connectivity index (χ2v) is 8.08. The number of ether oxygens (including phenoxy) is 3. The van der Waals surface area contributed by atoms with Crippen molar-refractivity contribution in [2.45, 2.75) is 44.6 Å².